The Labute approximate surface area is 152 Å². The molecule has 2 heterocycles. The average molecular weight is 348 g/mol. The standard InChI is InChI=1S/C19H33N5O/c1-6-10-25-18-16(8-7-9-21-18)11-22-19(20-5)23-17-13-24(14(2)3)12-15(17)4/h7-9,14-15,17H,6,10-13H2,1-5H3,(H2,20,22,23). The van der Waals surface area contributed by atoms with Crippen LogP contribution in [0.1, 0.15) is 39.7 Å². The van der Waals surface area contributed by atoms with Crippen LogP contribution in [0.4, 0.5) is 0 Å². The van der Waals surface area contributed by atoms with E-state index in [0.29, 0.717) is 37.0 Å². The van der Waals surface area contributed by atoms with Crippen LogP contribution in [0.3, 0.4) is 0 Å². The highest BCUT2D eigenvalue weighted by Crippen LogP contribution is 2.19. The molecule has 140 valence electrons. The molecule has 0 saturated carbocycles. The largest absolute Gasteiger partial charge is 0.477 e. The monoisotopic (exact) mass is 347 g/mol. The zero-order chi connectivity index (χ0) is 18.2. The van der Waals surface area contributed by atoms with Crippen LogP contribution in [0.5, 0.6) is 5.88 Å². The molecule has 1 saturated heterocycles. The van der Waals surface area contributed by atoms with Crippen molar-refractivity contribution in [2.24, 2.45) is 10.9 Å². The van der Waals surface area contributed by atoms with Crippen LogP contribution in [-0.2, 0) is 6.54 Å². The predicted molar refractivity (Wildman–Crippen MR) is 103 cm³/mol. The molecule has 2 unspecified atom stereocenters. The molecular weight excluding hydrogens is 314 g/mol. The molecule has 1 aromatic heterocycles. The Morgan fingerprint density at radius 1 is 1.44 bits per heavy atom. The first-order chi connectivity index (χ1) is 12.0. The number of rotatable bonds is 7. The second-order valence-electron chi connectivity index (χ2n) is 7.02. The molecule has 1 aliphatic heterocycles. The van der Waals surface area contributed by atoms with Crippen molar-refractivity contribution < 1.29 is 4.74 Å². The third-order valence-corrected chi connectivity index (χ3v) is 4.66. The molecule has 6 nitrogen and oxygen atoms in total. The van der Waals surface area contributed by atoms with E-state index in [1.165, 1.54) is 0 Å². The molecule has 0 spiro atoms. The van der Waals surface area contributed by atoms with Gasteiger partial charge in [-0.1, -0.05) is 19.9 Å². The normalized spacial score (nSPS) is 21.6. The van der Waals surface area contributed by atoms with Gasteiger partial charge < -0.3 is 15.4 Å². The van der Waals surface area contributed by atoms with E-state index in [1.807, 2.05) is 19.2 Å². The van der Waals surface area contributed by atoms with Crippen LogP contribution in [0, 0.1) is 5.92 Å². The van der Waals surface area contributed by atoms with Gasteiger partial charge in [-0.05, 0) is 32.3 Å². The summed E-state index contributed by atoms with van der Waals surface area (Å²) in [6.45, 7) is 12.4. The van der Waals surface area contributed by atoms with Crippen LogP contribution in [0.15, 0.2) is 23.3 Å². The predicted octanol–water partition coefficient (Wildman–Crippen LogP) is 2.26. The minimum atomic E-state index is 0.415. The van der Waals surface area contributed by atoms with E-state index in [0.717, 1.165) is 31.0 Å². The average Bonchev–Trinajstić information content (AvgIpc) is 2.98. The van der Waals surface area contributed by atoms with E-state index in [1.54, 1.807) is 6.20 Å². The van der Waals surface area contributed by atoms with Gasteiger partial charge in [-0.3, -0.25) is 9.89 Å². The van der Waals surface area contributed by atoms with Gasteiger partial charge in [0.05, 0.1) is 6.61 Å². The van der Waals surface area contributed by atoms with E-state index in [2.05, 4.69) is 53.2 Å². The zero-order valence-electron chi connectivity index (χ0n) is 16.2. The number of guanidine groups is 1. The van der Waals surface area contributed by atoms with Crippen LogP contribution < -0.4 is 15.4 Å². The Hall–Kier alpha value is -1.82. The number of aliphatic imine (C=N–C) groups is 1. The van der Waals surface area contributed by atoms with E-state index >= 15 is 0 Å². The molecule has 0 aromatic carbocycles. The summed E-state index contributed by atoms with van der Waals surface area (Å²) in [7, 11) is 1.81. The third-order valence-electron chi connectivity index (χ3n) is 4.66. The topological polar surface area (TPSA) is 61.8 Å². The molecule has 0 amide bonds. The lowest BCUT2D eigenvalue weighted by Gasteiger charge is -2.22. The number of hydrogen-bond acceptors (Lipinski definition) is 4. The van der Waals surface area contributed by atoms with Crippen LogP contribution >= 0.6 is 0 Å². The van der Waals surface area contributed by atoms with Gasteiger partial charge in [0.25, 0.3) is 0 Å². The summed E-state index contributed by atoms with van der Waals surface area (Å²) in [5, 5.41) is 6.96. The summed E-state index contributed by atoms with van der Waals surface area (Å²) in [4.78, 5) is 11.2. The van der Waals surface area contributed by atoms with Gasteiger partial charge in [0.1, 0.15) is 0 Å². The molecule has 0 radical (unpaired) electrons. The molecule has 1 aliphatic rings. The summed E-state index contributed by atoms with van der Waals surface area (Å²) in [6, 6.07) is 4.97. The molecule has 2 N–H and O–H groups in total. The summed E-state index contributed by atoms with van der Waals surface area (Å²) in [5.74, 6) is 2.13. The van der Waals surface area contributed by atoms with Crippen molar-refractivity contribution in [3.63, 3.8) is 0 Å². The van der Waals surface area contributed by atoms with Gasteiger partial charge in [-0.25, -0.2) is 4.98 Å². The fourth-order valence-corrected chi connectivity index (χ4v) is 3.05. The number of pyridine rings is 1. The van der Waals surface area contributed by atoms with Crippen molar-refractivity contribution in [2.75, 3.05) is 26.7 Å². The Morgan fingerprint density at radius 3 is 2.88 bits per heavy atom. The zero-order valence-corrected chi connectivity index (χ0v) is 16.2. The number of ether oxygens (including phenoxy) is 1. The fourth-order valence-electron chi connectivity index (χ4n) is 3.05. The van der Waals surface area contributed by atoms with Gasteiger partial charge in [-0.15, -0.1) is 0 Å². The maximum atomic E-state index is 5.73. The lowest BCUT2D eigenvalue weighted by Crippen LogP contribution is -2.46. The third kappa shape index (κ3) is 5.59. The first-order valence-electron chi connectivity index (χ1n) is 9.33. The first-order valence-corrected chi connectivity index (χ1v) is 9.33. The van der Waals surface area contributed by atoms with Gasteiger partial charge >= 0.3 is 0 Å². The Bertz CT molecular complexity index is 561. The molecule has 25 heavy (non-hydrogen) atoms. The second kappa shape index (κ2) is 9.61. The van der Waals surface area contributed by atoms with Crippen LogP contribution in [0.2, 0.25) is 0 Å². The lowest BCUT2D eigenvalue weighted by molar-refractivity contribution is 0.265. The molecule has 6 heteroatoms. The minimum absolute atomic E-state index is 0.415. The van der Waals surface area contributed by atoms with E-state index in [9.17, 15) is 0 Å². The van der Waals surface area contributed by atoms with Gasteiger partial charge in [0, 0.05) is 50.5 Å². The molecule has 0 bridgehead atoms. The summed E-state index contributed by atoms with van der Waals surface area (Å²) < 4.78 is 5.73. The Kier molecular flexibility index (Phi) is 7.50. The van der Waals surface area contributed by atoms with Crippen LogP contribution in [0.25, 0.3) is 0 Å². The number of nitrogens with zero attached hydrogens (tertiary/aromatic N) is 3. The SMILES string of the molecule is CCCOc1ncccc1CNC(=NC)NC1CN(C(C)C)CC1C. The van der Waals surface area contributed by atoms with Crippen molar-refractivity contribution in [3.05, 3.63) is 23.9 Å². The van der Waals surface area contributed by atoms with Gasteiger partial charge in [-0.2, -0.15) is 0 Å². The Morgan fingerprint density at radius 2 is 2.24 bits per heavy atom. The highest BCUT2D eigenvalue weighted by atomic mass is 16.5. The number of nitrogens with one attached hydrogen (secondary N) is 2. The smallest absolute Gasteiger partial charge is 0.218 e. The van der Waals surface area contributed by atoms with Crippen molar-refractivity contribution in [3.8, 4) is 5.88 Å². The molecule has 1 aromatic rings. The first kappa shape index (κ1) is 19.5. The van der Waals surface area contributed by atoms with E-state index in [4.69, 9.17) is 4.74 Å². The van der Waals surface area contributed by atoms with E-state index in [-0.39, 0.29) is 0 Å². The molecule has 1 fully saturated rings. The van der Waals surface area contributed by atoms with Crippen molar-refractivity contribution in [1.29, 1.82) is 0 Å². The van der Waals surface area contributed by atoms with Gasteiger partial charge in [0.15, 0.2) is 5.96 Å². The molecule has 0 aliphatic carbocycles. The lowest BCUT2D eigenvalue weighted by atomic mass is 10.1. The molecular formula is C19H33N5O. The van der Waals surface area contributed by atoms with Crippen LogP contribution in [-0.4, -0.2) is 54.7 Å². The fraction of sp³-hybridized carbons (Fsp3) is 0.684. The number of hydrogen-bond donors (Lipinski definition) is 2. The molecule has 2 atom stereocenters. The summed E-state index contributed by atoms with van der Waals surface area (Å²) >= 11 is 0. The summed E-state index contributed by atoms with van der Waals surface area (Å²) in [5.41, 5.74) is 1.04. The van der Waals surface area contributed by atoms with Crippen molar-refractivity contribution in [1.82, 2.24) is 20.5 Å². The second-order valence-corrected chi connectivity index (χ2v) is 7.02. The highest BCUT2D eigenvalue weighted by Gasteiger charge is 2.31. The maximum absolute atomic E-state index is 5.73. The Balaban J connectivity index is 1.91. The van der Waals surface area contributed by atoms with Crippen molar-refractivity contribution >= 4 is 5.96 Å². The summed E-state index contributed by atoms with van der Waals surface area (Å²) in [6.07, 6.45) is 2.74. The number of likely N-dealkylation sites (tertiary alicyclic amines) is 1. The highest BCUT2D eigenvalue weighted by molar-refractivity contribution is 5.80. The minimum Gasteiger partial charge on any atom is -0.477 e. The number of aromatic nitrogens is 1. The van der Waals surface area contributed by atoms with Crippen molar-refractivity contribution in [2.45, 2.75) is 52.7 Å². The molecule has 2 rings (SSSR count). The quantitative estimate of drug-likeness (QED) is 0.585. The van der Waals surface area contributed by atoms with Gasteiger partial charge in [0.2, 0.25) is 5.88 Å². The van der Waals surface area contributed by atoms with E-state index < -0.39 is 0 Å². The maximum Gasteiger partial charge on any atom is 0.218 e.